The van der Waals surface area contributed by atoms with Gasteiger partial charge in [0.2, 0.25) is 10.0 Å². The molecule has 0 heterocycles. The van der Waals surface area contributed by atoms with Crippen molar-refractivity contribution in [2.75, 3.05) is 27.2 Å². The van der Waals surface area contributed by atoms with Gasteiger partial charge in [-0.25, -0.2) is 17.5 Å². The molecule has 0 fully saturated rings. The summed E-state index contributed by atoms with van der Waals surface area (Å²) >= 11 is 3.17. The standard InChI is InChI=1S/C13H21BrFN3O2S/c1-18(2)6-4-3-5-17-21(19,20)12-8-11(14)7-10(9-16)13(12)15/h7-8,17H,3-6,9,16H2,1-2H3. The lowest BCUT2D eigenvalue weighted by Crippen LogP contribution is -2.27. The van der Waals surface area contributed by atoms with E-state index in [-0.39, 0.29) is 23.5 Å². The van der Waals surface area contributed by atoms with E-state index in [1.165, 1.54) is 12.1 Å². The van der Waals surface area contributed by atoms with E-state index in [0.29, 0.717) is 10.9 Å². The second-order valence-electron chi connectivity index (χ2n) is 4.99. The van der Waals surface area contributed by atoms with Gasteiger partial charge in [-0.2, -0.15) is 0 Å². The van der Waals surface area contributed by atoms with E-state index in [2.05, 4.69) is 20.7 Å². The fourth-order valence-corrected chi connectivity index (χ4v) is 3.67. The number of nitrogens with zero attached hydrogens (tertiary/aromatic N) is 1. The Bertz CT molecular complexity index is 579. The van der Waals surface area contributed by atoms with Crippen LogP contribution in [0.1, 0.15) is 18.4 Å². The van der Waals surface area contributed by atoms with Gasteiger partial charge < -0.3 is 10.6 Å². The van der Waals surface area contributed by atoms with Crippen LogP contribution in [0, 0.1) is 5.82 Å². The van der Waals surface area contributed by atoms with E-state index in [9.17, 15) is 12.8 Å². The normalized spacial score (nSPS) is 12.1. The molecule has 0 unspecified atom stereocenters. The Labute approximate surface area is 133 Å². The lowest BCUT2D eigenvalue weighted by molar-refractivity contribution is 0.394. The summed E-state index contributed by atoms with van der Waals surface area (Å²) in [5.74, 6) is -0.790. The van der Waals surface area contributed by atoms with Crippen LogP contribution in [0.5, 0.6) is 0 Å². The molecule has 5 nitrogen and oxygen atoms in total. The zero-order valence-electron chi connectivity index (χ0n) is 12.2. The van der Waals surface area contributed by atoms with E-state index in [1.54, 1.807) is 0 Å². The van der Waals surface area contributed by atoms with Gasteiger partial charge in [0.05, 0.1) is 0 Å². The topological polar surface area (TPSA) is 75.4 Å². The fraction of sp³-hybridized carbons (Fsp3) is 0.538. The van der Waals surface area contributed by atoms with Crippen LogP contribution in [0.25, 0.3) is 0 Å². The largest absolute Gasteiger partial charge is 0.326 e. The van der Waals surface area contributed by atoms with E-state index in [0.717, 1.165) is 13.0 Å². The van der Waals surface area contributed by atoms with Crippen molar-refractivity contribution < 1.29 is 12.8 Å². The zero-order valence-corrected chi connectivity index (χ0v) is 14.6. The summed E-state index contributed by atoms with van der Waals surface area (Å²) in [6.45, 7) is 1.10. The van der Waals surface area contributed by atoms with Crippen LogP contribution < -0.4 is 10.5 Å². The summed E-state index contributed by atoms with van der Waals surface area (Å²) in [6.07, 6.45) is 1.56. The highest BCUT2D eigenvalue weighted by molar-refractivity contribution is 9.10. The number of hydrogen-bond acceptors (Lipinski definition) is 4. The van der Waals surface area contributed by atoms with Gasteiger partial charge >= 0.3 is 0 Å². The van der Waals surface area contributed by atoms with Gasteiger partial charge in [-0.15, -0.1) is 0 Å². The Kier molecular flexibility index (Phi) is 7.22. The van der Waals surface area contributed by atoms with E-state index >= 15 is 0 Å². The number of sulfonamides is 1. The third-order valence-corrected chi connectivity index (χ3v) is 4.83. The minimum atomic E-state index is -3.87. The van der Waals surface area contributed by atoms with E-state index in [1.807, 2.05) is 19.0 Å². The van der Waals surface area contributed by atoms with Gasteiger partial charge in [0.15, 0.2) is 0 Å². The molecule has 0 aromatic heterocycles. The van der Waals surface area contributed by atoms with Gasteiger partial charge in [0, 0.05) is 23.1 Å². The van der Waals surface area contributed by atoms with Crippen LogP contribution >= 0.6 is 15.9 Å². The van der Waals surface area contributed by atoms with Crippen LogP contribution in [0.4, 0.5) is 4.39 Å². The van der Waals surface area contributed by atoms with Crippen LogP contribution in [-0.4, -0.2) is 40.5 Å². The highest BCUT2D eigenvalue weighted by atomic mass is 79.9. The minimum absolute atomic E-state index is 0.0589. The smallest absolute Gasteiger partial charge is 0.243 e. The van der Waals surface area contributed by atoms with Crippen molar-refractivity contribution in [1.29, 1.82) is 0 Å². The minimum Gasteiger partial charge on any atom is -0.326 e. The van der Waals surface area contributed by atoms with Crippen LogP contribution in [0.3, 0.4) is 0 Å². The number of benzene rings is 1. The third-order valence-electron chi connectivity index (χ3n) is 2.91. The van der Waals surface area contributed by atoms with Crippen LogP contribution in [0.2, 0.25) is 0 Å². The molecule has 0 bridgehead atoms. The second-order valence-corrected chi connectivity index (χ2v) is 7.64. The molecule has 0 saturated carbocycles. The summed E-state index contributed by atoms with van der Waals surface area (Å²) in [6, 6.07) is 2.72. The molecule has 3 N–H and O–H groups in total. The summed E-state index contributed by atoms with van der Waals surface area (Å²) in [5, 5.41) is 0. The maximum Gasteiger partial charge on any atom is 0.243 e. The van der Waals surface area contributed by atoms with Crippen molar-refractivity contribution in [2.45, 2.75) is 24.3 Å². The summed E-state index contributed by atoms with van der Waals surface area (Å²) < 4.78 is 41.3. The number of nitrogens with one attached hydrogen (secondary N) is 1. The van der Waals surface area contributed by atoms with Crippen molar-refractivity contribution in [3.8, 4) is 0 Å². The van der Waals surface area contributed by atoms with Gasteiger partial charge in [0.25, 0.3) is 0 Å². The first-order valence-corrected chi connectivity index (χ1v) is 8.88. The molecular formula is C13H21BrFN3O2S. The van der Waals surface area contributed by atoms with Crippen LogP contribution in [-0.2, 0) is 16.6 Å². The summed E-state index contributed by atoms with van der Waals surface area (Å²) in [7, 11) is 0.0366. The molecule has 0 amide bonds. The zero-order chi connectivity index (χ0) is 16.0. The molecular weight excluding hydrogens is 361 g/mol. The molecule has 0 atom stereocenters. The SMILES string of the molecule is CN(C)CCCCNS(=O)(=O)c1cc(Br)cc(CN)c1F. The van der Waals surface area contributed by atoms with Crippen molar-refractivity contribution in [1.82, 2.24) is 9.62 Å². The molecule has 0 radical (unpaired) electrons. The van der Waals surface area contributed by atoms with Crippen LogP contribution in [0.15, 0.2) is 21.5 Å². The number of unbranched alkanes of at least 4 members (excludes halogenated alkanes) is 1. The molecule has 1 aromatic rings. The predicted molar refractivity (Wildman–Crippen MR) is 85.0 cm³/mol. The number of nitrogens with two attached hydrogens (primary N) is 1. The van der Waals surface area contributed by atoms with Crippen molar-refractivity contribution in [2.24, 2.45) is 5.73 Å². The van der Waals surface area contributed by atoms with Gasteiger partial charge in [-0.3, -0.25) is 0 Å². The molecule has 0 spiro atoms. The quantitative estimate of drug-likeness (QED) is 0.671. The maximum atomic E-state index is 14.1. The Morgan fingerprint density at radius 2 is 2.00 bits per heavy atom. The van der Waals surface area contributed by atoms with Crippen molar-refractivity contribution in [3.05, 3.63) is 28.0 Å². The molecule has 0 aliphatic rings. The molecule has 0 saturated heterocycles. The lowest BCUT2D eigenvalue weighted by Gasteiger charge is -2.12. The third kappa shape index (κ3) is 5.63. The van der Waals surface area contributed by atoms with Gasteiger partial charge in [-0.05, 0) is 45.6 Å². The number of halogens is 2. The van der Waals surface area contributed by atoms with Gasteiger partial charge in [0.1, 0.15) is 10.7 Å². The summed E-state index contributed by atoms with van der Waals surface area (Å²) in [4.78, 5) is 1.65. The average Bonchev–Trinajstić information content (AvgIpc) is 2.40. The molecule has 120 valence electrons. The fourth-order valence-electron chi connectivity index (χ4n) is 1.80. The average molecular weight is 382 g/mol. The Hall–Kier alpha value is -0.540. The van der Waals surface area contributed by atoms with Crippen molar-refractivity contribution in [3.63, 3.8) is 0 Å². The molecule has 1 aromatic carbocycles. The number of rotatable bonds is 8. The van der Waals surface area contributed by atoms with Crippen molar-refractivity contribution >= 4 is 26.0 Å². The van der Waals surface area contributed by atoms with E-state index in [4.69, 9.17) is 5.73 Å². The Balaban J connectivity index is 2.77. The second kappa shape index (κ2) is 8.19. The number of hydrogen-bond donors (Lipinski definition) is 2. The maximum absolute atomic E-state index is 14.1. The first kappa shape index (κ1) is 18.5. The first-order chi connectivity index (χ1) is 9.77. The lowest BCUT2D eigenvalue weighted by atomic mass is 10.2. The van der Waals surface area contributed by atoms with E-state index < -0.39 is 15.8 Å². The highest BCUT2D eigenvalue weighted by Crippen LogP contribution is 2.23. The first-order valence-electron chi connectivity index (χ1n) is 6.60. The Morgan fingerprint density at radius 1 is 1.33 bits per heavy atom. The Morgan fingerprint density at radius 3 is 2.57 bits per heavy atom. The summed E-state index contributed by atoms with van der Waals surface area (Å²) in [5.41, 5.74) is 5.58. The highest BCUT2D eigenvalue weighted by Gasteiger charge is 2.21. The molecule has 1 rings (SSSR count). The molecule has 8 heteroatoms. The molecule has 0 aliphatic heterocycles. The monoisotopic (exact) mass is 381 g/mol. The molecule has 0 aliphatic carbocycles. The predicted octanol–water partition coefficient (Wildman–Crippen LogP) is 1.67. The van der Waals surface area contributed by atoms with Gasteiger partial charge in [-0.1, -0.05) is 15.9 Å². The molecule has 21 heavy (non-hydrogen) atoms.